The van der Waals surface area contributed by atoms with Crippen molar-refractivity contribution in [2.45, 2.75) is 32.8 Å². The number of anilines is 1. The highest BCUT2D eigenvalue weighted by Crippen LogP contribution is 2.26. The highest BCUT2D eigenvalue weighted by atomic mass is 16.5. The van der Waals surface area contributed by atoms with Crippen LogP contribution in [-0.2, 0) is 12.0 Å². The van der Waals surface area contributed by atoms with E-state index >= 15 is 0 Å². The summed E-state index contributed by atoms with van der Waals surface area (Å²) in [6.45, 7) is 7.15. The maximum Gasteiger partial charge on any atom is 0.126 e. The van der Waals surface area contributed by atoms with E-state index in [4.69, 9.17) is 4.74 Å². The second-order valence-corrected chi connectivity index (χ2v) is 5.87. The molecule has 1 aromatic carbocycles. The Bertz CT molecular complexity index is 573. The standard InChI is InChI=1S/C17H22N2O/c1-17(2,3)14-6-5-7-15(11-14)20-12-13-8-9-19-16(10-13)18-4/h5-11H,12H2,1-4H3,(H,18,19). The predicted molar refractivity (Wildman–Crippen MR) is 83.3 cm³/mol. The number of aromatic nitrogens is 1. The van der Waals surface area contributed by atoms with Crippen LogP contribution in [0.2, 0.25) is 0 Å². The van der Waals surface area contributed by atoms with Gasteiger partial charge in [-0.05, 0) is 40.8 Å². The summed E-state index contributed by atoms with van der Waals surface area (Å²) in [5.74, 6) is 1.76. The molecule has 0 unspecified atom stereocenters. The average Bonchev–Trinajstić information content (AvgIpc) is 2.45. The number of ether oxygens (including phenoxy) is 1. The minimum atomic E-state index is 0.134. The maximum absolute atomic E-state index is 5.87. The highest BCUT2D eigenvalue weighted by molar-refractivity contribution is 5.37. The van der Waals surface area contributed by atoms with Crippen LogP contribution in [0.1, 0.15) is 31.9 Å². The van der Waals surface area contributed by atoms with Gasteiger partial charge in [0, 0.05) is 13.2 Å². The Kier molecular flexibility index (Phi) is 4.28. The lowest BCUT2D eigenvalue weighted by atomic mass is 9.87. The number of nitrogens with zero attached hydrogens (tertiary/aromatic N) is 1. The lowest BCUT2D eigenvalue weighted by Gasteiger charge is -2.19. The largest absolute Gasteiger partial charge is 0.489 e. The van der Waals surface area contributed by atoms with Crippen LogP contribution in [0.4, 0.5) is 5.82 Å². The van der Waals surface area contributed by atoms with E-state index in [0.717, 1.165) is 17.1 Å². The van der Waals surface area contributed by atoms with Crippen molar-refractivity contribution in [1.82, 2.24) is 4.98 Å². The molecule has 0 atom stereocenters. The predicted octanol–water partition coefficient (Wildman–Crippen LogP) is 4.00. The van der Waals surface area contributed by atoms with E-state index in [-0.39, 0.29) is 5.41 Å². The van der Waals surface area contributed by atoms with Gasteiger partial charge in [-0.2, -0.15) is 0 Å². The first kappa shape index (κ1) is 14.4. The molecule has 1 N–H and O–H groups in total. The molecule has 2 aromatic rings. The lowest BCUT2D eigenvalue weighted by Crippen LogP contribution is -2.11. The van der Waals surface area contributed by atoms with E-state index in [9.17, 15) is 0 Å². The van der Waals surface area contributed by atoms with Crippen LogP contribution in [0.15, 0.2) is 42.6 Å². The minimum Gasteiger partial charge on any atom is -0.489 e. The summed E-state index contributed by atoms with van der Waals surface area (Å²) >= 11 is 0. The van der Waals surface area contributed by atoms with Crippen LogP contribution in [-0.4, -0.2) is 12.0 Å². The van der Waals surface area contributed by atoms with Gasteiger partial charge in [-0.15, -0.1) is 0 Å². The van der Waals surface area contributed by atoms with Gasteiger partial charge in [0.15, 0.2) is 0 Å². The maximum atomic E-state index is 5.87. The molecule has 0 fully saturated rings. The molecule has 1 heterocycles. The summed E-state index contributed by atoms with van der Waals surface area (Å²) in [5, 5.41) is 3.03. The van der Waals surface area contributed by atoms with Gasteiger partial charge in [-0.25, -0.2) is 4.98 Å². The molecule has 3 heteroatoms. The smallest absolute Gasteiger partial charge is 0.126 e. The highest BCUT2D eigenvalue weighted by Gasteiger charge is 2.13. The third kappa shape index (κ3) is 3.73. The molecule has 0 aliphatic heterocycles. The van der Waals surface area contributed by atoms with E-state index in [0.29, 0.717) is 6.61 Å². The van der Waals surface area contributed by atoms with Gasteiger partial charge in [-0.1, -0.05) is 32.9 Å². The molecule has 3 nitrogen and oxygen atoms in total. The number of rotatable bonds is 4. The number of hydrogen-bond donors (Lipinski definition) is 1. The Morgan fingerprint density at radius 2 is 1.95 bits per heavy atom. The molecule has 0 spiro atoms. The third-order valence-corrected chi connectivity index (χ3v) is 3.19. The molecule has 20 heavy (non-hydrogen) atoms. The number of nitrogens with one attached hydrogen (secondary N) is 1. The van der Waals surface area contributed by atoms with Gasteiger partial charge in [0.05, 0.1) is 0 Å². The summed E-state index contributed by atoms with van der Waals surface area (Å²) in [7, 11) is 1.86. The first-order valence-corrected chi connectivity index (χ1v) is 6.85. The molecule has 0 saturated carbocycles. The Balaban J connectivity index is 2.07. The number of pyridine rings is 1. The van der Waals surface area contributed by atoms with Crippen molar-refractivity contribution < 1.29 is 4.74 Å². The van der Waals surface area contributed by atoms with Crippen LogP contribution in [0.25, 0.3) is 0 Å². The summed E-state index contributed by atoms with van der Waals surface area (Å²) in [6.07, 6.45) is 1.79. The van der Waals surface area contributed by atoms with Crippen molar-refractivity contribution in [2.75, 3.05) is 12.4 Å². The molecule has 0 radical (unpaired) electrons. The summed E-state index contributed by atoms with van der Waals surface area (Å²) in [6, 6.07) is 12.2. The second-order valence-electron chi connectivity index (χ2n) is 5.87. The molecule has 0 aliphatic carbocycles. The third-order valence-electron chi connectivity index (χ3n) is 3.19. The first-order valence-electron chi connectivity index (χ1n) is 6.85. The molecule has 0 amide bonds. The fraction of sp³-hybridized carbons (Fsp3) is 0.353. The van der Waals surface area contributed by atoms with Crippen molar-refractivity contribution >= 4 is 5.82 Å². The molecule has 2 rings (SSSR count). The molecule has 106 valence electrons. The van der Waals surface area contributed by atoms with Crippen molar-refractivity contribution in [3.8, 4) is 5.75 Å². The molecule has 0 bridgehead atoms. The van der Waals surface area contributed by atoms with Gasteiger partial charge in [0.2, 0.25) is 0 Å². The summed E-state index contributed by atoms with van der Waals surface area (Å²) < 4.78 is 5.87. The normalized spacial score (nSPS) is 11.2. The van der Waals surface area contributed by atoms with Gasteiger partial charge >= 0.3 is 0 Å². The fourth-order valence-electron chi connectivity index (χ4n) is 1.92. The molecular weight excluding hydrogens is 248 g/mol. The van der Waals surface area contributed by atoms with Crippen LogP contribution >= 0.6 is 0 Å². The van der Waals surface area contributed by atoms with Crippen molar-refractivity contribution in [3.63, 3.8) is 0 Å². The molecule has 0 saturated heterocycles. The molecular formula is C17H22N2O. The van der Waals surface area contributed by atoms with Crippen molar-refractivity contribution in [3.05, 3.63) is 53.7 Å². The Morgan fingerprint density at radius 1 is 1.15 bits per heavy atom. The zero-order chi connectivity index (χ0) is 14.6. The van der Waals surface area contributed by atoms with Crippen LogP contribution in [0.5, 0.6) is 5.75 Å². The molecule has 1 aromatic heterocycles. The van der Waals surface area contributed by atoms with Gasteiger partial charge in [0.25, 0.3) is 0 Å². The van der Waals surface area contributed by atoms with E-state index in [1.807, 2.05) is 31.3 Å². The van der Waals surface area contributed by atoms with Gasteiger partial charge < -0.3 is 10.1 Å². The Labute approximate surface area is 121 Å². The first-order chi connectivity index (χ1) is 9.49. The van der Waals surface area contributed by atoms with Gasteiger partial charge in [0.1, 0.15) is 18.2 Å². The van der Waals surface area contributed by atoms with E-state index in [2.05, 4.69) is 43.2 Å². The lowest BCUT2D eigenvalue weighted by molar-refractivity contribution is 0.305. The fourth-order valence-corrected chi connectivity index (χ4v) is 1.92. The van der Waals surface area contributed by atoms with E-state index in [1.54, 1.807) is 6.20 Å². The summed E-state index contributed by atoms with van der Waals surface area (Å²) in [4.78, 5) is 4.19. The van der Waals surface area contributed by atoms with Gasteiger partial charge in [-0.3, -0.25) is 0 Å². The van der Waals surface area contributed by atoms with Crippen molar-refractivity contribution in [2.24, 2.45) is 0 Å². The Hall–Kier alpha value is -2.03. The molecule has 0 aliphatic rings. The van der Waals surface area contributed by atoms with E-state index < -0.39 is 0 Å². The Morgan fingerprint density at radius 3 is 2.65 bits per heavy atom. The second kappa shape index (κ2) is 5.95. The minimum absolute atomic E-state index is 0.134. The van der Waals surface area contributed by atoms with Crippen LogP contribution in [0, 0.1) is 0 Å². The zero-order valence-electron chi connectivity index (χ0n) is 12.6. The van der Waals surface area contributed by atoms with E-state index in [1.165, 1.54) is 5.56 Å². The summed E-state index contributed by atoms with van der Waals surface area (Å²) in [5.41, 5.74) is 2.51. The SMILES string of the molecule is CNc1cc(COc2cccc(C(C)(C)C)c2)ccn1. The number of benzene rings is 1. The zero-order valence-corrected chi connectivity index (χ0v) is 12.6. The topological polar surface area (TPSA) is 34.1 Å². The van der Waals surface area contributed by atoms with Crippen LogP contribution < -0.4 is 10.1 Å². The quantitative estimate of drug-likeness (QED) is 0.911. The van der Waals surface area contributed by atoms with Crippen molar-refractivity contribution in [1.29, 1.82) is 0 Å². The average molecular weight is 270 g/mol. The monoisotopic (exact) mass is 270 g/mol. The van der Waals surface area contributed by atoms with Crippen LogP contribution in [0.3, 0.4) is 0 Å². The number of hydrogen-bond acceptors (Lipinski definition) is 3.